The van der Waals surface area contributed by atoms with Crippen molar-refractivity contribution in [3.05, 3.63) is 71.3 Å². The van der Waals surface area contributed by atoms with Gasteiger partial charge in [0.2, 0.25) is 5.91 Å². The Kier molecular flexibility index (Phi) is 7.12. The number of hydrogen-bond donors (Lipinski definition) is 1. The summed E-state index contributed by atoms with van der Waals surface area (Å²) in [5.41, 5.74) is 1.89. The monoisotopic (exact) mass is 456 g/mol. The number of carboxylic acid groups (broad SMARTS) is 1. The molecule has 2 saturated heterocycles. The lowest BCUT2D eigenvalue weighted by molar-refractivity contribution is -0.192. The highest BCUT2D eigenvalue weighted by Gasteiger charge is 2.45. The van der Waals surface area contributed by atoms with Gasteiger partial charge in [-0.3, -0.25) is 9.69 Å². The van der Waals surface area contributed by atoms with Gasteiger partial charge in [0, 0.05) is 38.6 Å². The minimum absolute atomic E-state index is 0.0222. The van der Waals surface area contributed by atoms with Crippen molar-refractivity contribution < 1.29 is 36.6 Å². The highest BCUT2D eigenvalue weighted by atomic mass is 19.4. The standard InChI is InChI=1S/C20H20F2N2O.C2HF3O2/c21-17-6-4-14(5-7-17)9-23-11-16-12-24(20(25)19(16)13-23)10-15-2-1-3-18(22)8-15;3-2(4,5)1(6)7/h1-8,16,19H,9-13H2;(H,6,7)/t16-,19-;/m0./s1. The molecule has 5 nitrogen and oxygen atoms in total. The molecular weight excluding hydrogens is 435 g/mol. The quantitative estimate of drug-likeness (QED) is 0.714. The maximum Gasteiger partial charge on any atom is 0.490 e. The van der Waals surface area contributed by atoms with Gasteiger partial charge in [0.25, 0.3) is 0 Å². The van der Waals surface area contributed by atoms with Crippen LogP contribution in [0.15, 0.2) is 48.5 Å². The topological polar surface area (TPSA) is 60.9 Å². The van der Waals surface area contributed by atoms with Gasteiger partial charge in [0.1, 0.15) is 11.6 Å². The lowest BCUT2D eigenvalue weighted by Gasteiger charge is -2.22. The van der Waals surface area contributed by atoms with Crippen LogP contribution < -0.4 is 0 Å². The molecule has 4 rings (SSSR count). The van der Waals surface area contributed by atoms with E-state index in [2.05, 4.69) is 4.90 Å². The number of carboxylic acids is 1. The third-order valence-electron chi connectivity index (χ3n) is 5.42. The summed E-state index contributed by atoms with van der Waals surface area (Å²) in [5, 5.41) is 7.12. The van der Waals surface area contributed by atoms with Crippen LogP contribution in [0.5, 0.6) is 0 Å². The summed E-state index contributed by atoms with van der Waals surface area (Å²) >= 11 is 0. The van der Waals surface area contributed by atoms with Crippen LogP contribution >= 0.6 is 0 Å². The molecule has 0 aromatic heterocycles. The van der Waals surface area contributed by atoms with Crippen molar-refractivity contribution in [2.24, 2.45) is 11.8 Å². The van der Waals surface area contributed by atoms with Crippen molar-refractivity contribution in [3.8, 4) is 0 Å². The Hall–Kier alpha value is -3.01. The minimum atomic E-state index is -5.08. The Labute approximate surface area is 181 Å². The van der Waals surface area contributed by atoms with E-state index in [0.29, 0.717) is 12.5 Å². The smallest absolute Gasteiger partial charge is 0.475 e. The molecule has 2 aliphatic rings. The molecule has 2 aliphatic heterocycles. The molecule has 0 bridgehead atoms. The lowest BCUT2D eigenvalue weighted by atomic mass is 10.0. The number of likely N-dealkylation sites (tertiary alicyclic amines) is 2. The molecule has 32 heavy (non-hydrogen) atoms. The van der Waals surface area contributed by atoms with Gasteiger partial charge in [0.05, 0.1) is 5.92 Å². The number of alkyl halides is 3. The minimum Gasteiger partial charge on any atom is -0.475 e. The molecule has 172 valence electrons. The van der Waals surface area contributed by atoms with Crippen molar-refractivity contribution in [1.82, 2.24) is 9.80 Å². The van der Waals surface area contributed by atoms with E-state index in [-0.39, 0.29) is 23.5 Å². The first-order valence-electron chi connectivity index (χ1n) is 9.83. The predicted octanol–water partition coefficient (Wildman–Crippen LogP) is 3.69. The molecule has 2 aromatic rings. The fourth-order valence-corrected chi connectivity index (χ4v) is 4.01. The summed E-state index contributed by atoms with van der Waals surface area (Å²) in [6, 6.07) is 13.0. The summed E-state index contributed by atoms with van der Waals surface area (Å²) < 4.78 is 58.1. The third-order valence-corrected chi connectivity index (χ3v) is 5.42. The first-order chi connectivity index (χ1) is 15.0. The molecule has 1 N–H and O–H groups in total. The van der Waals surface area contributed by atoms with Crippen LogP contribution in [0.2, 0.25) is 0 Å². The molecule has 0 radical (unpaired) electrons. The fraction of sp³-hybridized carbons (Fsp3) is 0.364. The van der Waals surface area contributed by atoms with Crippen molar-refractivity contribution in [1.29, 1.82) is 0 Å². The molecule has 0 unspecified atom stereocenters. The lowest BCUT2D eigenvalue weighted by Crippen LogP contribution is -2.32. The normalized spacial score (nSPS) is 20.7. The molecule has 2 aromatic carbocycles. The molecule has 1 amide bonds. The van der Waals surface area contributed by atoms with E-state index in [1.165, 1.54) is 24.3 Å². The number of fused-ring (bicyclic) bond motifs is 1. The van der Waals surface area contributed by atoms with Gasteiger partial charge in [-0.05, 0) is 35.4 Å². The van der Waals surface area contributed by atoms with E-state index >= 15 is 0 Å². The number of amides is 1. The zero-order valence-electron chi connectivity index (χ0n) is 16.9. The maximum atomic E-state index is 13.3. The Balaban J connectivity index is 0.000000360. The predicted molar refractivity (Wildman–Crippen MR) is 104 cm³/mol. The van der Waals surface area contributed by atoms with E-state index in [4.69, 9.17) is 9.90 Å². The van der Waals surface area contributed by atoms with Crippen LogP contribution in [0.1, 0.15) is 11.1 Å². The third kappa shape index (κ3) is 6.03. The number of halogens is 5. The average Bonchev–Trinajstić information content (AvgIpc) is 3.22. The van der Waals surface area contributed by atoms with Crippen LogP contribution in [-0.4, -0.2) is 52.6 Å². The van der Waals surface area contributed by atoms with Gasteiger partial charge in [-0.25, -0.2) is 13.6 Å². The first-order valence-corrected chi connectivity index (χ1v) is 9.83. The zero-order chi connectivity index (χ0) is 23.5. The molecule has 0 aliphatic carbocycles. The van der Waals surface area contributed by atoms with Gasteiger partial charge in [-0.15, -0.1) is 0 Å². The highest BCUT2D eigenvalue weighted by molar-refractivity contribution is 5.82. The second-order valence-corrected chi connectivity index (χ2v) is 7.84. The van der Waals surface area contributed by atoms with Crippen LogP contribution in [0.25, 0.3) is 0 Å². The largest absolute Gasteiger partial charge is 0.490 e. The summed E-state index contributed by atoms with van der Waals surface area (Å²) in [5.74, 6) is -2.75. The SMILES string of the molecule is O=C(O)C(F)(F)F.O=C1[C@H]2CN(Cc3ccc(F)cc3)C[C@H]2CN1Cc1cccc(F)c1. The van der Waals surface area contributed by atoms with Crippen molar-refractivity contribution in [3.63, 3.8) is 0 Å². The second-order valence-electron chi connectivity index (χ2n) is 7.84. The number of rotatable bonds is 4. The number of benzene rings is 2. The Morgan fingerprint density at radius 1 is 0.938 bits per heavy atom. The van der Waals surface area contributed by atoms with E-state index in [9.17, 15) is 26.7 Å². The van der Waals surface area contributed by atoms with Gasteiger partial charge in [0.15, 0.2) is 0 Å². The van der Waals surface area contributed by atoms with Gasteiger partial charge in [-0.1, -0.05) is 24.3 Å². The van der Waals surface area contributed by atoms with E-state index in [1.807, 2.05) is 11.0 Å². The summed E-state index contributed by atoms with van der Waals surface area (Å²) in [4.78, 5) is 25.7. The molecular formula is C22H21F5N2O3. The Bertz CT molecular complexity index is 965. The van der Waals surface area contributed by atoms with Gasteiger partial charge >= 0.3 is 12.1 Å². The van der Waals surface area contributed by atoms with E-state index in [0.717, 1.165) is 37.3 Å². The summed E-state index contributed by atoms with van der Waals surface area (Å²) in [7, 11) is 0. The van der Waals surface area contributed by atoms with E-state index < -0.39 is 12.1 Å². The zero-order valence-corrected chi connectivity index (χ0v) is 16.9. The Morgan fingerprint density at radius 3 is 2.16 bits per heavy atom. The average molecular weight is 456 g/mol. The Morgan fingerprint density at radius 2 is 1.59 bits per heavy atom. The second kappa shape index (κ2) is 9.64. The van der Waals surface area contributed by atoms with E-state index in [1.54, 1.807) is 18.2 Å². The number of carbonyl (C=O) groups excluding carboxylic acids is 1. The number of carbonyl (C=O) groups is 2. The molecule has 10 heteroatoms. The van der Waals surface area contributed by atoms with Gasteiger partial charge in [-0.2, -0.15) is 13.2 Å². The molecule has 2 atom stereocenters. The molecule has 0 saturated carbocycles. The molecule has 0 spiro atoms. The van der Waals surface area contributed by atoms with Gasteiger partial charge < -0.3 is 10.0 Å². The number of hydrogen-bond acceptors (Lipinski definition) is 3. The van der Waals surface area contributed by atoms with Crippen LogP contribution in [-0.2, 0) is 22.7 Å². The first kappa shape index (κ1) is 23.6. The highest BCUT2D eigenvalue weighted by Crippen LogP contribution is 2.33. The number of aliphatic carboxylic acids is 1. The number of nitrogens with zero attached hydrogens (tertiary/aromatic N) is 2. The maximum absolute atomic E-state index is 13.3. The summed E-state index contributed by atoms with van der Waals surface area (Å²) in [6.07, 6.45) is -5.08. The van der Waals surface area contributed by atoms with Crippen molar-refractivity contribution in [2.45, 2.75) is 19.3 Å². The molecule has 2 fully saturated rings. The fourth-order valence-electron chi connectivity index (χ4n) is 4.01. The molecule has 2 heterocycles. The van der Waals surface area contributed by atoms with Crippen LogP contribution in [0, 0.1) is 23.5 Å². The summed E-state index contributed by atoms with van der Waals surface area (Å²) in [6.45, 7) is 3.54. The van der Waals surface area contributed by atoms with Crippen molar-refractivity contribution >= 4 is 11.9 Å². The van der Waals surface area contributed by atoms with Crippen molar-refractivity contribution in [2.75, 3.05) is 19.6 Å². The van der Waals surface area contributed by atoms with Crippen LogP contribution in [0.3, 0.4) is 0 Å². The van der Waals surface area contributed by atoms with Crippen LogP contribution in [0.4, 0.5) is 22.0 Å².